The molecular formula is C34H47N7O3SSi. The molecule has 0 saturated carbocycles. The third-order valence-corrected chi connectivity index (χ3v) is 12.2. The van der Waals surface area contributed by atoms with Crippen LogP contribution < -0.4 is 5.32 Å². The van der Waals surface area contributed by atoms with Crippen molar-refractivity contribution in [2.45, 2.75) is 77.5 Å². The molecule has 1 N–H and O–H groups in total. The van der Waals surface area contributed by atoms with Gasteiger partial charge in [0.2, 0.25) is 0 Å². The lowest BCUT2D eigenvalue weighted by Crippen LogP contribution is -2.46. The number of hydrogen-bond donors (Lipinski definition) is 1. The molecule has 10 nitrogen and oxygen atoms in total. The van der Waals surface area contributed by atoms with Gasteiger partial charge in [0.25, 0.3) is 0 Å². The van der Waals surface area contributed by atoms with Crippen molar-refractivity contribution in [1.29, 1.82) is 0 Å². The number of fused-ring (bicyclic) bond motifs is 2. The van der Waals surface area contributed by atoms with Crippen LogP contribution >= 0.6 is 11.3 Å². The standard InChI is InChI=1S/C34H47N7O3SSi/c1-22-7-9-29(24-8-10-30-27(14-24)38-33(45-30)25-13-23(2)18-39(3)20-25)40(19-22)34(43)32(42)37-28-17-35-15-26-16-36-41(31(26)28)21-44-11-12-46(4,5)6/h8,10,14-17,22-23,25,29H,7,9,11-13,18-21H2,1-6H3,(H,37,42)/t22-,23?,25?,29+/m0/s1. The molecule has 0 radical (unpaired) electrons. The summed E-state index contributed by atoms with van der Waals surface area (Å²) in [4.78, 5) is 41.0. The summed E-state index contributed by atoms with van der Waals surface area (Å²) >= 11 is 1.78. The third-order valence-electron chi connectivity index (χ3n) is 9.28. The van der Waals surface area contributed by atoms with Crippen LogP contribution in [-0.4, -0.2) is 82.7 Å². The van der Waals surface area contributed by atoms with Gasteiger partial charge in [-0.1, -0.05) is 39.6 Å². The number of carbonyl (C=O) groups is 2. The fraction of sp³-hybridized carbons (Fsp3) is 0.559. The number of benzene rings is 1. The van der Waals surface area contributed by atoms with E-state index in [1.165, 1.54) is 9.71 Å². The molecule has 0 bridgehead atoms. The number of amides is 2. The summed E-state index contributed by atoms with van der Waals surface area (Å²) in [6.45, 7) is 15.0. The molecule has 1 aromatic carbocycles. The first-order chi connectivity index (χ1) is 21.9. The lowest BCUT2D eigenvalue weighted by Gasteiger charge is -2.38. The second-order valence-corrected chi connectivity index (χ2v) is 21.4. The first-order valence-electron chi connectivity index (χ1n) is 16.5. The molecule has 2 aliphatic rings. The number of piperidine rings is 2. The molecule has 2 saturated heterocycles. The lowest BCUT2D eigenvalue weighted by atomic mass is 9.89. The van der Waals surface area contributed by atoms with E-state index in [9.17, 15) is 9.59 Å². The SMILES string of the molecule is CC1CC(c2nc3cc([C@H]4CC[C@H](C)CN4C(=O)C(=O)Nc4cncc5cnn(COCC[Si](C)(C)C)c45)ccc3s2)CN(C)C1. The van der Waals surface area contributed by atoms with Gasteiger partial charge in [0.05, 0.1) is 44.9 Å². The number of pyridine rings is 1. The van der Waals surface area contributed by atoms with Gasteiger partial charge in [0.1, 0.15) is 6.73 Å². The molecule has 2 unspecified atom stereocenters. The molecule has 3 aromatic heterocycles. The van der Waals surface area contributed by atoms with Gasteiger partial charge in [-0.15, -0.1) is 11.3 Å². The molecular weight excluding hydrogens is 615 g/mol. The highest BCUT2D eigenvalue weighted by Crippen LogP contribution is 2.38. The first-order valence-corrected chi connectivity index (χ1v) is 21.1. The minimum absolute atomic E-state index is 0.191. The Bertz CT molecular complexity index is 1710. The number of likely N-dealkylation sites (tertiary alicyclic amines) is 2. The van der Waals surface area contributed by atoms with Gasteiger partial charge in [0, 0.05) is 51.8 Å². The Morgan fingerprint density at radius 3 is 2.67 bits per heavy atom. The predicted octanol–water partition coefficient (Wildman–Crippen LogP) is 6.35. The molecule has 2 fully saturated rings. The Labute approximate surface area is 276 Å². The van der Waals surface area contributed by atoms with Crippen molar-refractivity contribution in [1.82, 2.24) is 29.5 Å². The molecule has 0 spiro atoms. The number of hydrogen-bond acceptors (Lipinski definition) is 8. The van der Waals surface area contributed by atoms with Crippen LogP contribution in [0.5, 0.6) is 0 Å². The molecule has 246 valence electrons. The maximum atomic E-state index is 13.9. The minimum Gasteiger partial charge on any atom is -0.360 e. The van der Waals surface area contributed by atoms with E-state index in [4.69, 9.17) is 9.72 Å². The number of anilines is 1. The number of nitrogens with zero attached hydrogens (tertiary/aromatic N) is 6. The molecule has 4 aromatic rings. The van der Waals surface area contributed by atoms with Crippen LogP contribution in [0.2, 0.25) is 25.7 Å². The summed E-state index contributed by atoms with van der Waals surface area (Å²) in [6.07, 6.45) is 7.92. The van der Waals surface area contributed by atoms with Crippen LogP contribution in [-0.2, 0) is 21.1 Å². The average molecular weight is 662 g/mol. The van der Waals surface area contributed by atoms with Crippen molar-refractivity contribution >= 4 is 58.0 Å². The average Bonchev–Trinajstić information content (AvgIpc) is 3.62. The number of carbonyl (C=O) groups excluding carboxylic acids is 2. The zero-order chi connectivity index (χ0) is 32.6. The van der Waals surface area contributed by atoms with E-state index in [2.05, 4.69) is 79.0 Å². The van der Waals surface area contributed by atoms with Crippen molar-refractivity contribution in [3.8, 4) is 0 Å². The summed E-state index contributed by atoms with van der Waals surface area (Å²) < 4.78 is 8.82. The summed E-state index contributed by atoms with van der Waals surface area (Å²) in [5.41, 5.74) is 3.15. The molecule has 5 heterocycles. The number of aromatic nitrogens is 4. The Morgan fingerprint density at radius 2 is 1.89 bits per heavy atom. The fourth-order valence-corrected chi connectivity index (χ4v) is 8.74. The van der Waals surface area contributed by atoms with Crippen LogP contribution in [0.4, 0.5) is 5.69 Å². The number of ether oxygens (including phenoxy) is 1. The van der Waals surface area contributed by atoms with Gasteiger partial charge in [-0.2, -0.15) is 5.10 Å². The van der Waals surface area contributed by atoms with Gasteiger partial charge in [-0.05, 0) is 61.9 Å². The smallest absolute Gasteiger partial charge is 0.314 e. The Kier molecular flexibility index (Phi) is 9.61. The summed E-state index contributed by atoms with van der Waals surface area (Å²) in [5, 5.41) is 9.30. The second-order valence-electron chi connectivity index (χ2n) is 14.8. The van der Waals surface area contributed by atoms with Crippen molar-refractivity contribution < 1.29 is 14.3 Å². The normalized spacial score (nSPS) is 22.9. The fourth-order valence-electron chi connectivity index (χ4n) is 6.93. The van der Waals surface area contributed by atoms with Crippen molar-refractivity contribution in [3.05, 3.63) is 47.4 Å². The van der Waals surface area contributed by atoms with Crippen LogP contribution in [0.1, 0.15) is 55.6 Å². The minimum atomic E-state index is -1.22. The second kappa shape index (κ2) is 13.5. The van der Waals surface area contributed by atoms with Crippen LogP contribution in [0.15, 0.2) is 36.8 Å². The van der Waals surface area contributed by atoms with Crippen LogP contribution in [0.25, 0.3) is 21.1 Å². The highest BCUT2D eigenvalue weighted by atomic mass is 32.1. The van der Waals surface area contributed by atoms with Gasteiger partial charge in [-0.3, -0.25) is 14.6 Å². The Hall–Kier alpha value is -3.19. The topological polar surface area (TPSA) is 105 Å². The molecule has 46 heavy (non-hydrogen) atoms. The van der Waals surface area contributed by atoms with E-state index in [-0.39, 0.29) is 12.8 Å². The number of rotatable bonds is 8. The van der Waals surface area contributed by atoms with E-state index in [1.807, 2.05) is 0 Å². The predicted molar refractivity (Wildman–Crippen MR) is 187 cm³/mol. The summed E-state index contributed by atoms with van der Waals surface area (Å²) in [5.74, 6) is 0.182. The molecule has 12 heteroatoms. The van der Waals surface area contributed by atoms with Gasteiger partial charge in [-0.25, -0.2) is 9.67 Å². The Morgan fingerprint density at radius 1 is 1.07 bits per heavy atom. The van der Waals surface area contributed by atoms with Gasteiger partial charge in [0.15, 0.2) is 0 Å². The number of likely N-dealkylation sites (N-methyl/N-ethyl adjacent to an activating group) is 1. The molecule has 4 atom stereocenters. The third kappa shape index (κ3) is 7.35. The van der Waals surface area contributed by atoms with E-state index >= 15 is 0 Å². The van der Waals surface area contributed by atoms with Crippen LogP contribution in [0, 0.1) is 11.8 Å². The van der Waals surface area contributed by atoms with E-state index in [0.29, 0.717) is 42.1 Å². The highest BCUT2D eigenvalue weighted by Gasteiger charge is 2.35. The lowest BCUT2D eigenvalue weighted by molar-refractivity contribution is -0.146. The maximum absolute atomic E-state index is 13.9. The van der Waals surface area contributed by atoms with Crippen molar-refractivity contribution in [2.24, 2.45) is 11.8 Å². The summed E-state index contributed by atoms with van der Waals surface area (Å²) in [7, 11) is 0.967. The number of nitrogens with one attached hydrogen (secondary N) is 1. The molecule has 2 amide bonds. The molecule has 6 rings (SSSR count). The monoisotopic (exact) mass is 661 g/mol. The first kappa shape index (κ1) is 32.7. The molecule has 0 aliphatic carbocycles. The summed E-state index contributed by atoms with van der Waals surface area (Å²) in [6, 6.07) is 7.25. The largest absolute Gasteiger partial charge is 0.360 e. The quantitative estimate of drug-likeness (QED) is 0.133. The van der Waals surface area contributed by atoms with Crippen LogP contribution in [0.3, 0.4) is 0 Å². The van der Waals surface area contributed by atoms with Crippen molar-refractivity contribution in [3.63, 3.8) is 0 Å². The number of thiazole rings is 1. The van der Waals surface area contributed by atoms with E-state index in [1.54, 1.807) is 39.5 Å². The van der Waals surface area contributed by atoms with Crippen molar-refractivity contribution in [2.75, 3.05) is 38.6 Å². The molecule has 2 aliphatic heterocycles. The van der Waals surface area contributed by atoms with E-state index < -0.39 is 19.9 Å². The van der Waals surface area contributed by atoms with E-state index in [0.717, 1.165) is 54.9 Å². The maximum Gasteiger partial charge on any atom is 0.314 e. The highest BCUT2D eigenvalue weighted by molar-refractivity contribution is 7.18. The zero-order valence-electron chi connectivity index (χ0n) is 28.0. The zero-order valence-corrected chi connectivity index (χ0v) is 29.8. The van der Waals surface area contributed by atoms with Gasteiger partial charge >= 0.3 is 11.8 Å². The van der Waals surface area contributed by atoms with Gasteiger partial charge < -0.3 is 19.9 Å². The Balaban J connectivity index is 1.19.